The summed E-state index contributed by atoms with van der Waals surface area (Å²) in [6.45, 7) is 4.19. The molecule has 0 aromatic carbocycles. The van der Waals surface area contributed by atoms with Crippen LogP contribution in [0.3, 0.4) is 0 Å². The normalized spacial score (nSPS) is 12.5. The summed E-state index contributed by atoms with van der Waals surface area (Å²) in [7, 11) is 0. The van der Waals surface area contributed by atoms with Gasteiger partial charge in [-0.15, -0.1) is 0 Å². The quantitative estimate of drug-likeness (QED) is 0.510. The van der Waals surface area contributed by atoms with Gasteiger partial charge in [-0.05, 0) is 12.8 Å². The van der Waals surface area contributed by atoms with E-state index in [1.54, 1.807) is 0 Å². The fourth-order valence-electron chi connectivity index (χ4n) is 1.11. The van der Waals surface area contributed by atoms with E-state index in [1.807, 2.05) is 6.92 Å². The average Bonchev–Trinajstić information content (AvgIpc) is 2.12. The molecule has 0 saturated carbocycles. The molecule has 0 rings (SSSR count). The molecule has 0 aromatic heterocycles. The van der Waals surface area contributed by atoms with Crippen LogP contribution in [0.25, 0.3) is 0 Å². The Balaban J connectivity index is 3.62. The van der Waals surface area contributed by atoms with Crippen molar-refractivity contribution in [2.75, 3.05) is 5.75 Å². The maximum Gasteiger partial charge on any atom is 0.306 e. The van der Waals surface area contributed by atoms with Gasteiger partial charge in [-0.3, -0.25) is 4.79 Å². The number of hydrogen-bond acceptors (Lipinski definition) is 3. The Hall–Kier alpha value is -0.180. The van der Waals surface area contributed by atoms with Crippen molar-refractivity contribution in [3.8, 4) is 0 Å². The molecule has 0 radical (unpaired) electrons. The van der Waals surface area contributed by atoms with Crippen molar-refractivity contribution < 1.29 is 9.53 Å². The van der Waals surface area contributed by atoms with Crippen molar-refractivity contribution >= 4 is 18.6 Å². The van der Waals surface area contributed by atoms with Crippen LogP contribution in [0.5, 0.6) is 0 Å². The predicted octanol–water partition coefficient (Wildman–Crippen LogP) is 2.82. The lowest BCUT2D eigenvalue weighted by Crippen LogP contribution is -2.17. The molecule has 0 saturated heterocycles. The molecule has 0 bridgehead atoms. The number of carbonyl (C=O) groups excluding carboxylic acids is 1. The molecule has 2 nitrogen and oxygen atoms in total. The Morgan fingerprint density at radius 3 is 2.62 bits per heavy atom. The highest BCUT2D eigenvalue weighted by Gasteiger charge is 2.10. The number of thiol groups is 1. The van der Waals surface area contributed by atoms with Crippen LogP contribution in [0.2, 0.25) is 0 Å². The molecule has 1 atom stereocenters. The van der Waals surface area contributed by atoms with Crippen molar-refractivity contribution in [2.24, 2.45) is 0 Å². The van der Waals surface area contributed by atoms with Gasteiger partial charge in [0.2, 0.25) is 0 Å². The molecular formula is C10H20O2S. The van der Waals surface area contributed by atoms with Crippen LogP contribution in [0.15, 0.2) is 0 Å². The van der Waals surface area contributed by atoms with Gasteiger partial charge in [0, 0.05) is 5.75 Å². The lowest BCUT2D eigenvalue weighted by atomic mass is 10.1. The Kier molecular flexibility index (Phi) is 8.30. The number of ether oxygens (including phenoxy) is 1. The summed E-state index contributed by atoms with van der Waals surface area (Å²) < 4.78 is 5.25. The van der Waals surface area contributed by atoms with Crippen molar-refractivity contribution in [2.45, 2.75) is 52.1 Å². The zero-order chi connectivity index (χ0) is 10.1. The molecule has 0 aliphatic heterocycles. The first kappa shape index (κ1) is 12.8. The minimum Gasteiger partial charge on any atom is -0.462 e. The molecule has 0 amide bonds. The Labute approximate surface area is 86.5 Å². The lowest BCUT2D eigenvalue weighted by Gasteiger charge is -2.15. The number of carbonyl (C=O) groups is 1. The van der Waals surface area contributed by atoms with Crippen LogP contribution in [0.1, 0.15) is 46.0 Å². The number of unbranched alkanes of at least 4 members (excludes halogenated alkanes) is 1. The molecule has 3 heteroatoms. The topological polar surface area (TPSA) is 26.3 Å². The fraction of sp³-hybridized carbons (Fsp3) is 0.900. The molecule has 78 valence electrons. The summed E-state index contributed by atoms with van der Waals surface area (Å²) in [6.07, 6.45) is 4.73. The fourth-order valence-corrected chi connectivity index (χ4v) is 1.30. The largest absolute Gasteiger partial charge is 0.462 e. The SMILES string of the molecule is CCCCC(CC)OC(=O)CCS. The van der Waals surface area contributed by atoms with E-state index in [1.165, 1.54) is 0 Å². The Morgan fingerprint density at radius 1 is 1.46 bits per heavy atom. The van der Waals surface area contributed by atoms with E-state index in [9.17, 15) is 4.79 Å². The van der Waals surface area contributed by atoms with E-state index >= 15 is 0 Å². The van der Waals surface area contributed by atoms with E-state index in [2.05, 4.69) is 19.6 Å². The maximum absolute atomic E-state index is 11.1. The van der Waals surface area contributed by atoms with Crippen LogP contribution in [0.4, 0.5) is 0 Å². The molecule has 0 aliphatic rings. The van der Waals surface area contributed by atoms with Crippen LogP contribution >= 0.6 is 12.6 Å². The molecule has 0 heterocycles. The van der Waals surface area contributed by atoms with Gasteiger partial charge in [0.25, 0.3) is 0 Å². The van der Waals surface area contributed by atoms with Crippen molar-refractivity contribution in [3.05, 3.63) is 0 Å². The molecule has 13 heavy (non-hydrogen) atoms. The van der Waals surface area contributed by atoms with Gasteiger partial charge in [-0.1, -0.05) is 26.7 Å². The first-order valence-corrected chi connectivity index (χ1v) is 5.68. The summed E-state index contributed by atoms with van der Waals surface area (Å²) in [4.78, 5) is 11.1. The number of esters is 1. The molecular weight excluding hydrogens is 184 g/mol. The van der Waals surface area contributed by atoms with Gasteiger partial charge in [0.1, 0.15) is 6.10 Å². The van der Waals surface area contributed by atoms with Gasteiger partial charge in [0.05, 0.1) is 6.42 Å². The zero-order valence-electron chi connectivity index (χ0n) is 8.58. The monoisotopic (exact) mass is 204 g/mol. The van der Waals surface area contributed by atoms with Gasteiger partial charge in [0.15, 0.2) is 0 Å². The van der Waals surface area contributed by atoms with Crippen molar-refractivity contribution in [1.82, 2.24) is 0 Å². The predicted molar refractivity (Wildman–Crippen MR) is 58.2 cm³/mol. The third-order valence-corrected chi connectivity index (χ3v) is 2.17. The van der Waals surface area contributed by atoms with Crippen molar-refractivity contribution in [1.29, 1.82) is 0 Å². The molecule has 0 N–H and O–H groups in total. The van der Waals surface area contributed by atoms with Crippen LogP contribution in [0, 0.1) is 0 Å². The summed E-state index contributed by atoms with van der Waals surface area (Å²) in [6, 6.07) is 0. The third-order valence-electron chi connectivity index (χ3n) is 1.95. The summed E-state index contributed by atoms with van der Waals surface area (Å²) in [5.74, 6) is 0.459. The number of rotatable bonds is 7. The highest BCUT2D eigenvalue weighted by Crippen LogP contribution is 2.09. The van der Waals surface area contributed by atoms with Gasteiger partial charge in [-0.25, -0.2) is 0 Å². The molecule has 0 spiro atoms. The van der Waals surface area contributed by atoms with E-state index in [0.717, 1.165) is 25.7 Å². The van der Waals surface area contributed by atoms with Crippen molar-refractivity contribution in [3.63, 3.8) is 0 Å². The summed E-state index contributed by atoms with van der Waals surface area (Å²) >= 11 is 3.98. The summed E-state index contributed by atoms with van der Waals surface area (Å²) in [5, 5.41) is 0. The van der Waals surface area contributed by atoms with E-state index in [0.29, 0.717) is 12.2 Å². The van der Waals surface area contributed by atoms with E-state index in [-0.39, 0.29) is 12.1 Å². The average molecular weight is 204 g/mol. The molecule has 0 fully saturated rings. The minimum atomic E-state index is -0.113. The Bertz CT molecular complexity index is 137. The van der Waals surface area contributed by atoms with Crippen LogP contribution < -0.4 is 0 Å². The first-order chi connectivity index (χ1) is 6.24. The smallest absolute Gasteiger partial charge is 0.306 e. The minimum absolute atomic E-state index is 0.113. The Morgan fingerprint density at radius 2 is 2.15 bits per heavy atom. The summed E-state index contributed by atoms with van der Waals surface area (Å²) in [5.41, 5.74) is 0. The standard InChI is InChI=1S/C10H20O2S/c1-3-5-6-9(4-2)12-10(11)7-8-13/h9,13H,3-8H2,1-2H3. The third kappa shape index (κ3) is 6.94. The second-order valence-electron chi connectivity index (χ2n) is 3.14. The molecule has 0 aromatic rings. The van der Waals surface area contributed by atoms with Crippen LogP contribution in [-0.2, 0) is 9.53 Å². The molecule has 1 unspecified atom stereocenters. The second kappa shape index (κ2) is 8.42. The van der Waals surface area contributed by atoms with Gasteiger partial charge >= 0.3 is 5.97 Å². The second-order valence-corrected chi connectivity index (χ2v) is 3.58. The molecule has 0 aliphatic carbocycles. The highest BCUT2D eigenvalue weighted by molar-refractivity contribution is 7.80. The van der Waals surface area contributed by atoms with E-state index < -0.39 is 0 Å². The zero-order valence-corrected chi connectivity index (χ0v) is 9.48. The van der Waals surface area contributed by atoms with E-state index in [4.69, 9.17) is 4.74 Å². The lowest BCUT2D eigenvalue weighted by molar-refractivity contribution is -0.149. The maximum atomic E-state index is 11.1. The first-order valence-electron chi connectivity index (χ1n) is 5.04. The van der Waals surface area contributed by atoms with Gasteiger partial charge in [-0.2, -0.15) is 12.6 Å². The van der Waals surface area contributed by atoms with Gasteiger partial charge < -0.3 is 4.74 Å². The number of hydrogen-bond donors (Lipinski definition) is 1. The highest BCUT2D eigenvalue weighted by atomic mass is 32.1. The van der Waals surface area contributed by atoms with Crippen LogP contribution in [-0.4, -0.2) is 17.8 Å².